The van der Waals surface area contributed by atoms with Crippen LogP contribution < -0.4 is 15.2 Å². The van der Waals surface area contributed by atoms with Crippen molar-refractivity contribution in [1.82, 2.24) is 4.98 Å². The summed E-state index contributed by atoms with van der Waals surface area (Å²) in [7, 11) is 1.62. The lowest BCUT2D eigenvalue weighted by atomic mass is 10.1. The average Bonchev–Trinajstić information content (AvgIpc) is 2.52. The second-order valence-corrected chi connectivity index (χ2v) is 4.43. The molecule has 2 aromatic rings. The Morgan fingerprint density at radius 1 is 1.29 bits per heavy atom. The molecule has 0 unspecified atom stereocenters. The van der Waals surface area contributed by atoms with Crippen LogP contribution in [0.25, 0.3) is 0 Å². The lowest BCUT2D eigenvalue weighted by Gasteiger charge is -2.11. The molecule has 0 spiro atoms. The Labute approximate surface area is 122 Å². The standard InChI is InChI=1S/C15H17N3O3/c1-10-7-8-17-15(13(10)14(16)18-19)21-9-11-3-5-12(20-2)6-4-11/h3-8,19H,9H2,1-2H3,(H2,16,18). The zero-order chi connectivity index (χ0) is 15.2. The lowest BCUT2D eigenvalue weighted by molar-refractivity contribution is 0.291. The number of aryl methyl sites for hydroxylation is 1. The maximum Gasteiger partial charge on any atom is 0.225 e. The minimum atomic E-state index is -0.0228. The number of hydrogen-bond donors (Lipinski definition) is 2. The highest BCUT2D eigenvalue weighted by Crippen LogP contribution is 2.20. The summed E-state index contributed by atoms with van der Waals surface area (Å²) in [5, 5.41) is 11.9. The third-order valence-electron chi connectivity index (χ3n) is 3.02. The number of nitrogens with zero attached hydrogens (tertiary/aromatic N) is 2. The van der Waals surface area contributed by atoms with E-state index in [-0.39, 0.29) is 5.84 Å². The molecular weight excluding hydrogens is 270 g/mol. The van der Waals surface area contributed by atoms with Crippen molar-refractivity contribution in [3.05, 3.63) is 53.2 Å². The van der Waals surface area contributed by atoms with E-state index in [1.165, 1.54) is 0 Å². The van der Waals surface area contributed by atoms with E-state index < -0.39 is 0 Å². The first-order valence-corrected chi connectivity index (χ1v) is 6.35. The molecule has 2 rings (SSSR count). The van der Waals surface area contributed by atoms with Crippen molar-refractivity contribution < 1.29 is 14.7 Å². The first kappa shape index (κ1) is 14.6. The SMILES string of the molecule is COc1ccc(COc2nccc(C)c2/C(N)=N/O)cc1. The van der Waals surface area contributed by atoms with Crippen molar-refractivity contribution in [1.29, 1.82) is 0 Å². The third-order valence-corrected chi connectivity index (χ3v) is 3.02. The maximum absolute atomic E-state index is 8.85. The van der Waals surface area contributed by atoms with Crippen molar-refractivity contribution in [2.75, 3.05) is 7.11 Å². The quantitative estimate of drug-likeness (QED) is 0.380. The number of oxime groups is 1. The molecule has 1 aromatic heterocycles. The number of rotatable bonds is 5. The van der Waals surface area contributed by atoms with Crippen LogP contribution >= 0.6 is 0 Å². The number of amidine groups is 1. The van der Waals surface area contributed by atoms with Gasteiger partial charge in [-0.2, -0.15) is 0 Å². The summed E-state index contributed by atoms with van der Waals surface area (Å²) in [5.41, 5.74) is 7.95. The van der Waals surface area contributed by atoms with Crippen LogP contribution in [-0.2, 0) is 6.61 Å². The Morgan fingerprint density at radius 2 is 2.00 bits per heavy atom. The van der Waals surface area contributed by atoms with Crippen LogP contribution in [0.3, 0.4) is 0 Å². The van der Waals surface area contributed by atoms with Gasteiger partial charge in [0, 0.05) is 6.20 Å². The monoisotopic (exact) mass is 287 g/mol. The highest BCUT2D eigenvalue weighted by molar-refractivity contribution is 6.00. The molecule has 0 aliphatic rings. The van der Waals surface area contributed by atoms with E-state index in [4.69, 9.17) is 20.4 Å². The van der Waals surface area contributed by atoms with Crippen molar-refractivity contribution in [3.8, 4) is 11.6 Å². The molecule has 3 N–H and O–H groups in total. The fraction of sp³-hybridized carbons (Fsp3) is 0.200. The third kappa shape index (κ3) is 3.42. The van der Waals surface area contributed by atoms with Gasteiger partial charge in [-0.25, -0.2) is 4.98 Å². The minimum absolute atomic E-state index is 0.0228. The zero-order valence-electron chi connectivity index (χ0n) is 11.9. The number of aromatic nitrogens is 1. The van der Waals surface area contributed by atoms with Gasteiger partial charge in [-0.3, -0.25) is 0 Å². The lowest BCUT2D eigenvalue weighted by Crippen LogP contribution is -2.17. The Bertz CT molecular complexity index is 639. The van der Waals surface area contributed by atoms with E-state index in [2.05, 4.69) is 10.1 Å². The van der Waals surface area contributed by atoms with E-state index >= 15 is 0 Å². The molecule has 0 radical (unpaired) electrons. The second-order valence-electron chi connectivity index (χ2n) is 4.43. The normalized spacial score (nSPS) is 11.2. The van der Waals surface area contributed by atoms with Gasteiger partial charge < -0.3 is 20.4 Å². The van der Waals surface area contributed by atoms with Crippen molar-refractivity contribution in [2.24, 2.45) is 10.9 Å². The fourth-order valence-electron chi connectivity index (χ4n) is 1.88. The molecule has 0 amide bonds. The number of benzene rings is 1. The first-order chi connectivity index (χ1) is 10.2. The molecule has 6 heteroatoms. The summed E-state index contributed by atoms with van der Waals surface area (Å²) >= 11 is 0. The minimum Gasteiger partial charge on any atom is -0.497 e. The molecule has 0 bridgehead atoms. The molecule has 0 fully saturated rings. The Balaban J connectivity index is 2.18. The number of ether oxygens (including phenoxy) is 2. The second kappa shape index (κ2) is 6.60. The molecule has 0 saturated heterocycles. The highest BCUT2D eigenvalue weighted by Gasteiger charge is 2.13. The number of nitrogens with two attached hydrogens (primary N) is 1. The van der Waals surface area contributed by atoms with Gasteiger partial charge >= 0.3 is 0 Å². The van der Waals surface area contributed by atoms with Crippen LogP contribution in [0.2, 0.25) is 0 Å². The van der Waals surface area contributed by atoms with Crippen LogP contribution in [-0.4, -0.2) is 23.1 Å². The maximum atomic E-state index is 8.85. The number of methoxy groups -OCH3 is 1. The molecule has 6 nitrogen and oxygen atoms in total. The van der Waals surface area contributed by atoms with Crippen LogP contribution in [0, 0.1) is 6.92 Å². The molecule has 1 aromatic carbocycles. The topological polar surface area (TPSA) is 90.0 Å². The Hall–Kier alpha value is -2.76. The van der Waals surface area contributed by atoms with Crippen LogP contribution in [0.15, 0.2) is 41.7 Å². The van der Waals surface area contributed by atoms with E-state index in [1.54, 1.807) is 19.4 Å². The van der Waals surface area contributed by atoms with E-state index in [0.29, 0.717) is 18.1 Å². The average molecular weight is 287 g/mol. The Morgan fingerprint density at radius 3 is 2.62 bits per heavy atom. The smallest absolute Gasteiger partial charge is 0.225 e. The van der Waals surface area contributed by atoms with Gasteiger partial charge in [0.1, 0.15) is 12.4 Å². The summed E-state index contributed by atoms with van der Waals surface area (Å²) in [5.74, 6) is 1.09. The molecule has 110 valence electrons. The van der Waals surface area contributed by atoms with Gasteiger partial charge in [0.15, 0.2) is 5.84 Å². The molecule has 1 heterocycles. The van der Waals surface area contributed by atoms with Gasteiger partial charge in [-0.1, -0.05) is 17.3 Å². The summed E-state index contributed by atoms with van der Waals surface area (Å²) in [6, 6.07) is 9.28. The molecule has 0 saturated carbocycles. The van der Waals surface area contributed by atoms with E-state index in [1.807, 2.05) is 31.2 Å². The van der Waals surface area contributed by atoms with Crippen LogP contribution in [0.4, 0.5) is 0 Å². The fourth-order valence-corrected chi connectivity index (χ4v) is 1.88. The first-order valence-electron chi connectivity index (χ1n) is 6.35. The summed E-state index contributed by atoms with van der Waals surface area (Å²) in [6.07, 6.45) is 1.62. The molecule has 0 aliphatic carbocycles. The van der Waals surface area contributed by atoms with Crippen molar-refractivity contribution >= 4 is 5.84 Å². The van der Waals surface area contributed by atoms with Gasteiger partial charge in [0.05, 0.1) is 12.7 Å². The largest absolute Gasteiger partial charge is 0.497 e. The predicted molar refractivity (Wildman–Crippen MR) is 78.8 cm³/mol. The Kier molecular flexibility index (Phi) is 4.61. The summed E-state index contributed by atoms with van der Waals surface area (Å²) in [6.45, 7) is 2.17. The summed E-state index contributed by atoms with van der Waals surface area (Å²) < 4.78 is 10.8. The molecule has 0 aliphatic heterocycles. The van der Waals surface area contributed by atoms with Gasteiger partial charge in [0.25, 0.3) is 0 Å². The predicted octanol–water partition coefficient (Wildman–Crippen LogP) is 2.07. The van der Waals surface area contributed by atoms with Gasteiger partial charge in [0.2, 0.25) is 5.88 Å². The van der Waals surface area contributed by atoms with Gasteiger partial charge in [-0.05, 0) is 36.2 Å². The zero-order valence-corrected chi connectivity index (χ0v) is 11.9. The van der Waals surface area contributed by atoms with Crippen molar-refractivity contribution in [2.45, 2.75) is 13.5 Å². The highest BCUT2D eigenvalue weighted by atomic mass is 16.5. The van der Waals surface area contributed by atoms with E-state index in [9.17, 15) is 0 Å². The van der Waals surface area contributed by atoms with Crippen LogP contribution in [0.5, 0.6) is 11.6 Å². The molecular formula is C15H17N3O3. The van der Waals surface area contributed by atoms with Crippen LogP contribution in [0.1, 0.15) is 16.7 Å². The van der Waals surface area contributed by atoms with Gasteiger partial charge in [-0.15, -0.1) is 0 Å². The number of pyridine rings is 1. The summed E-state index contributed by atoms with van der Waals surface area (Å²) in [4.78, 5) is 4.14. The number of hydrogen-bond acceptors (Lipinski definition) is 5. The van der Waals surface area contributed by atoms with Crippen molar-refractivity contribution in [3.63, 3.8) is 0 Å². The molecule has 0 atom stereocenters. The van der Waals surface area contributed by atoms with E-state index in [0.717, 1.165) is 16.9 Å². The molecule has 21 heavy (non-hydrogen) atoms.